The fourth-order valence-corrected chi connectivity index (χ4v) is 2.64. The van der Waals surface area contributed by atoms with Gasteiger partial charge in [-0.3, -0.25) is 0 Å². The van der Waals surface area contributed by atoms with Gasteiger partial charge < -0.3 is 4.98 Å². The third-order valence-corrected chi connectivity index (χ3v) is 4.66. The second kappa shape index (κ2) is 5.43. The van der Waals surface area contributed by atoms with Gasteiger partial charge in [0.15, 0.2) is 5.25 Å². The lowest BCUT2D eigenvalue weighted by Gasteiger charge is -2.07. The molecule has 2 aromatic rings. The van der Waals surface area contributed by atoms with Crippen molar-refractivity contribution in [3.8, 4) is 6.07 Å². The van der Waals surface area contributed by atoms with E-state index in [4.69, 9.17) is 5.26 Å². The molecular weight excluding hydrogens is 262 g/mol. The summed E-state index contributed by atoms with van der Waals surface area (Å²) in [5.74, 6) is 0. The van der Waals surface area contributed by atoms with Crippen LogP contribution in [0.5, 0.6) is 0 Å². The number of benzene rings is 1. The molecule has 1 heterocycles. The summed E-state index contributed by atoms with van der Waals surface area (Å²) in [6.45, 7) is 1.66. The summed E-state index contributed by atoms with van der Waals surface area (Å²) in [6.07, 6.45) is 2.47. The minimum Gasteiger partial charge on any atom is -0.361 e. The maximum absolute atomic E-state index is 11.6. The van der Waals surface area contributed by atoms with E-state index in [9.17, 15) is 8.42 Å². The zero-order chi connectivity index (χ0) is 13.9. The number of fused-ring (bicyclic) bond motifs is 1. The van der Waals surface area contributed by atoms with E-state index in [2.05, 4.69) is 9.71 Å². The number of hydrogen-bond acceptors (Lipinski definition) is 3. The largest absolute Gasteiger partial charge is 0.361 e. The number of hydrogen-bond donors (Lipinski definition) is 2. The van der Waals surface area contributed by atoms with Crippen molar-refractivity contribution in [3.05, 3.63) is 36.0 Å². The Morgan fingerprint density at radius 2 is 2.16 bits per heavy atom. The number of rotatable bonds is 5. The van der Waals surface area contributed by atoms with Crippen LogP contribution in [0, 0.1) is 11.3 Å². The van der Waals surface area contributed by atoms with Gasteiger partial charge in [0.2, 0.25) is 10.0 Å². The van der Waals surface area contributed by atoms with Crippen molar-refractivity contribution in [1.29, 1.82) is 5.26 Å². The van der Waals surface area contributed by atoms with Crippen molar-refractivity contribution in [2.45, 2.75) is 18.6 Å². The smallest absolute Gasteiger partial charge is 0.227 e. The highest BCUT2D eigenvalue weighted by Crippen LogP contribution is 2.17. The fraction of sp³-hybridized carbons (Fsp3) is 0.308. The molecule has 1 aromatic heterocycles. The molecule has 0 aliphatic carbocycles. The van der Waals surface area contributed by atoms with E-state index < -0.39 is 15.3 Å². The average molecular weight is 277 g/mol. The van der Waals surface area contributed by atoms with Crippen molar-refractivity contribution >= 4 is 20.9 Å². The highest BCUT2D eigenvalue weighted by atomic mass is 32.2. The number of nitriles is 1. The van der Waals surface area contributed by atoms with E-state index in [0.29, 0.717) is 6.42 Å². The van der Waals surface area contributed by atoms with Crippen LogP contribution in [0.25, 0.3) is 10.9 Å². The van der Waals surface area contributed by atoms with E-state index >= 15 is 0 Å². The summed E-state index contributed by atoms with van der Waals surface area (Å²) in [4.78, 5) is 3.14. The SMILES string of the molecule is CC(C#N)S(=O)(=O)NCCc1c[nH]c2ccccc12. The van der Waals surface area contributed by atoms with Crippen molar-refractivity contribution < 1.29 is 8.42 Å². The van der Waals surface area contributed by atoms with Gasteiger partial charge in [-0.2, -0.15) is 5.26 Å². The normalized spacial score (nSPS) is 13.3. The minimum absolute atomic E-state index is 0.288. The minimum atomic E-state index is -3.54. The molecule has 0 bridgehead atoms. The Morgan fingerprint density at radius 1 is 1.42 bits per heavy atom. The van der Waals surface area contributed by atoms with Crippen molar-refractivity contribution in [2.24, 2.45) is 0 Å². The van der Waals surface area contributed by atoms with Gasteiger partial charge in [-0.15, -0.1) is 0 Å². The molecule has 0 aliphatic heterocycles. The average Bonchev–Trinajstić information content (AvgIpc) is 2.81. The first kappa shape index (κ1) is 13.6. The van der Waals surface area contributed by atoms with Crippen LogP contribution >= 0.6 is 0 Å². The molecule has 0 saturated heterocycles. The number of aromatic amines is 1. The highest BCUT2D eigenvalue weighted by Gasteiger charge is 2.19. The predicted molar refractivity (Wildman–Crippen MR) is 74.0 cm³/mol. The van der Waals surface area contributed by atoms with Gasteiger partial charge in [0.25, 0.3) is 0 Å². The topological polar surface area (TPSA) is 85.8 Å². The van der Waals surface area contributed by atoms with Gasteiger partial charge in [0.1, 0.15) is 0 Å². The van der Waals surface area contributed by atoms with Gasteiger partial charge in [0, 0.05) is 23.6 Å². The third kappa shape index (κ3) is 2.95. The van der Waals surface area contributed by atoms with Crippen molar-refractivity contribution in [3.63, 3.8) is 0 Å². The molecule has 0 saturated carbocycles. The van der Waals surface area contributed by atoms with Crippen molar-refractivity contribution in [2.75, 3.05) is 6.54 Å². The Hall–Kier alpha value is -1.84. The van der Waals surface area contributed by atoms with Crippen LogP contribution in [0.3, 0.4) is 0 Å². The second-order valence-corrected chi connectivity index (χ2v) is 6.41. The molecule has 0 spiro atoms. The first-order chi connectivity index (χ1) is 9.04. The van der Waals surface area contributed by atoms with Gasteiger partial charge in [0.05, 0.1) is 6.07 Å². The molecule has 0 amide bonds. The van der Waals surface area contributed by atoms with Crippen LogP contribution in [-0.2, 0) is 16.4 Å². The Morgan fingerprint density at radius 3 is 2.89 bits per heavy atom. The lowest BCUT2D eigenvalue weighted by Crippen LogP contribution is -2.33. The van der Waals surface area contributed by atoms with Crippen LogP contribution in [0.2, 0.25) is 0 Å². The highest BCUT2D eigenvalue weighted by molar-refractivity contribution is 7.90. The molecule has 0 fully saturated rings. The number of H-pyrrole nitrogens is 1. The Bertz CT molecular complexity index is 713. The van der Waals surface area contributed by atoms with Crippen LogP contribution in [0.1, 0.15) is 12.5 Å². The number of para-hydroxylation sites is 1. The second-order valence-electron chi connectivity index (χ2n) is 4.32. The Kier molecular flexibility index (Phi) is 3.88. The molecule has 19 heavy (non-hydrogen) atoms. The van der Waals surface area contributed by atoms with E-state index in [-0.39, 0.29) is 6.54 Å². The van der Waals surface area contributed by atoms with Gasteiger partial charge >= 0.3 is 0 Å². The number of nitrogens with zero attached hydrogens (tertiary/aromatic N) is 1. The molecule has 0 radical (unpaired) electrons. The summed E-state index contributed by atoms with van der Waals surface area (Å²) >= 11 is 0. The molecule has 1 atom stereocenters. The third-order valence-electron chi connectivity index (χ3n) is 3.02. The quantitative estimate of drug-likeness (QED) is 0.869. The van der Waals surface area contributed by atoms with E-state index in [1.54, 1.807) is 6.07 Å². The maximum Gasteiger partial charge on any atom is 0.227 e. The molecule has 100 valence electrons. The summed E-state index contributed by atoms with van der Waals surface area (Å²) in [6, 6.07) is 9.58. The van der Waals surface area contributed by atoms with Crippen molar-refractivity contribution in [1.82, 2.24) is 9.71 Å². The van der Waals surface area contributed by atoms with E-state index in [1.165, 1.54) is 6.92 Å². The summed E-state index contributed by atoms with van der Waals surface area (Å²) < 4.78 is 25.7. The summed E-state index contributed by atoms with van der Waals surface area (Å²) in [5.41, 5.74) is 2.09. The van der Waals surface area contributed by atoms with Gasteiger partial charge in [-0.05, 0) is 25.0 Å². The molecular formula is C13H15N3O2S. The zero-order valence-corrected chi connectivity index (χ0v) is 11.4. The molecule has 0 aliphatic rings. The van der Waals surface area contributed by atoms with Crippen LogP contribution in [-0.4, -0.2) is 25.2 Å². The van der Waals surface area contributed by atoms with Gasteiger partial charge in [-0.1, -0.05) is 18.2 Å². The van der Waals surface area contributed by atoms with Crippen LogP contribution in [0.4, 0.5) is 0 Å². The van der Waals surface area contributed by atoms with E-state index in [1.807, 2.05) is 30.5 Å². The molecule has 5 nitrogen and oxygen atoms in total. The summed E-state index contributed by atoms with van der Waals surface area (Å²) in [5, 5.41) is 8.68. The lowest BCUT2D eigenvalue weighted by molar-refractivity contribution is 0.577. The number of aromatic nitrogens is 1. The Labute approximate surface area is 112 Å². The molecule has 1 unspecified atom stereocenters. The first-order valence-electron chi connectivity index (χ1n) is 5.97. The number of nitrogens with one attached hydrogen (secondary N) is 2. The molecule has 6 heteroatoms. The molecule has 1 aromatic carbocycles. The number of sulfonamides is 1. The van der Waals surface area contributed by atoms with E-state index in [0.717, 1.165) is 16.5 Å². The van der Waals surface area contributed by atoms with Crippen LogP contribution < -0.4 is 4.72 Å². The molecule has 2 rings (SSSR count). The monoisotopic (exact) mass is 277 g/mol. The standard InChI is InChI=1S/C13H15N3O2S/c1-10(8-14)19(17,18)16-7-6-11-9-15-13-5-3-2-4-12(11)13/h2-5,9-10,15-16H,6-7H2,1H3. The maximum atomic E-state index is 11.6. The van der Waals surface area contributed by atoms with Crippen LogP contribution in [0.15, 0.2) is 30.5 Å². The predicted octanol–water partition coefficient (Wildman–Crippen LogP) is 1.54. The zero-order valence-electron chi connectivity index (χ0n) is 10.6. The van der Waals surface area contributed by atoms with Gasteiger partial charge in [-0.25, -0.2) is 13.1 Å². The molecule has 2 N–H and O–H groups in total. The summed E-state index contributed by atoms with van der Waals surface area (Å²) in [7, 11) is -3.54. The Balaban J connectivity index is 2.03. The lowest BCUT2D eigenvalue weighted by atomic mass is 10.1. The first-order valence-corrected chi connectivity index (χ1v) is 7.52. The fourth-order valence-electron chi connectivity index (χ4n) is 1.86.